The van der Waals surface area contributed by atoms with Gasteiger partial charge in [-0.05, 0) is 300 Å². The van der Waals surface area contributed by atoms with E-state index in [1.54, 1.807) is 80.6 Å². The van der Waals surface area contributed by atoms with E-state index in [2.05, 4.69) is 176 Å². The predicted molar refractivity (Wildman–Crippen MR) is 511 cm³/mol. The predicted octanol–water partition coefficient (Wildman–Crippen LogP) is 19.8. The molecule has 4 aliphatic heterocycles. The SMILES string of the molecule is Cc1cc(C2CCNCC2)c(C)cc1Cc1ncc(Cl)c(Cc2ccc[nH]c2=O)n1.Cc1cc(Nc2nc(Nc3cc(C)c(C4CCN(C)CC4)cc3F)ncc2Cl)no1.Cc1cc(Nc2nc(Nc3cc(C)c(C4CCN(Cc5ccnnc5)CC4)cc3F)ncc2Cl)n[nH]1.Cc1cc(Nc2nc(Nc3cc(C)c(C4CCN(Cc5cnccn5)CC4)cc3F)ncc2Cl)n[nH]1. The van der Waals surface area contributed by atoms with Crippen LogP contribution in [0, 0.1) is 72.8 Å². The molecule has 14 heterocycles. The summed E-state index contributed by atoms with van der Waals surface area (Å²) in [7, 11) is 2.12. The molecule has 10 N–H and O–H groups in total. The Balaban J connectivity index is 0.000000135. The number of aryl methyl sites for hydroxylation is 8. The maximum atomic E-state index is 15.2. The quantitative estimate of drug-likeness (QED) is 0.0269. The maximum Gasteiger partial charge on any atom is 0.251 e. The molecule has 686 valence electrons. The van der Waals surface area contributed by atoms with Crippen LogP contribution in [-0.2, 0) is 25.9 Å². The van der Waals surface area contributed by atoms with Crippen LogP contribution in [0.1, 0.15) is 176 Å². The van der Waals surface area contributed by atoms with E-state index in [1.807, 2.05) is 77.1 Å². The van der Waals surface area contributed by atoms with Crippen LogP contribution < -0.4 is 42.8 Å². The van der Waals surface area contributed by atoms with Crippen molar-refractivity contribution in [2.24, 2.45) is 0 Å². The Morgan fingerprint density at radius 3 is 1.41 bits per heavy atom. The summed E-state index contributed by atoms with van der Waals surface area (Å²) in [5, 5.41) is 48.5. The summed E-state index contributed by atoms with van der Waals surface area (Å²) in [6, 6.07) is 26.0. The van der Waals surface area contributed by atoms with Gasteiger partial charge in [0.2, 0.25) is 17.8 Å². The molecule has 0 bridgehead atoms. The smallest absolute Gasteiger partial charge is 0.251 e. The number of benzene rings is 4. The van der Waals surface area contributed by atoms with E-state index in [4.69, 9.17) is 50.9 Å². The molecule has 18 rings (SSSR count). The monoisotopic (exact) mass is 1870 g/mol. The second kappa shape index (κ2) is 44.2. The van der Waals surface area contributed by atoms with E-state index in [1.165, 1.54) is 53.7 Å². The van der Waals surface area contributed by atoms with Gasteiger partial charge in [0.15, 0.2) is 34.9 Å². The first-order valence-corrected chi connectivity index (χ1v) is 45.5. The number of rotatable bonds is 24. The molecule has 37 heteroatoms. The van der Waals surface area contributed by atoms with Gasteiger partial charge in [0, 0.05) is 98.3 Å². The number of nitrogens with one attached hydrogen (secondary N) is 10. The number of pyridine rings is 1. The lowest BCUT2D eigenvalue weighted by molar-refractivity contribution is 0.202. The van der Waals surface area contributed by atoms with Gasteiger partial charge in [-0.3, -0.25) is 34.8 Å². The van der Waals surface area contributed by atoms with Crippen LogP contribution in [0.25, 0.3) is 0 Å². The van der Waals surface area contributed by atoms with Crippen LogP contribution in [0.5, 0.6) is 0 Å². The van der Waals surface area contributed by atoms with Crippen LogP contribution in [0.4, 0.5) is 83.0 Å². The van der Waals surface area contributed by atoms with Crippen molar-refractivity contribution < 1.29 is 17.7 Å². The average molecular weight is 1870 g/mol. The second-order valence-electron chi connectivity index (χ2n) is 33.9. The second-order valence-corrected chi connectivity index (χ2v) is 35.6. The minimum Gasteiger partial charge on any atom is -0.360 e. The van der Waals surface area contributed by atoms with E-state index in [9.17, 15) is 9.18 Å². The highest BCUT2D eigenvalue weighted by Crippen LogP contribution is 2.40. The number of nitrogens with zero attached hydrogens (tertiary/aromatic N) is 18. The zero-order chi connectivity index (χ0) is 92.5. The van der Waals surface area contributed by atoms with Gasteiger partial charge < -0.3 is 51.6 Å². The molecular weight excluding hydrogens is 1760 g/mol. The molecule has 0 amide bonds. The number of aromatic nitrogens is 18. The summed E-state index contributed by atoms with van der Waals surface area (Å²) < 4.78 is 50.2. The Morgan fingerprint density at radius 2 is 0.939 bits per heavy atom. The van der Waals surface area contributed by atoms with Gasteiger partial charge in [-0.25, -0.2) is 38.1 Å². The van der Waals surface area contributed by atoms with Crippen molar-refractivity contribution in [1.82, 2.24) is 111 Å². The molecule has 132 heavy (non-hydrogen) atoms. The van der Waals surface area contributed by atoms with Crippen LogP contribution in [-0.4, -0.2) is 165 Å². The lowest BCUT2D eigenvalue weighted by Crippen LogP contribution is -2.33. The third-order valence-corrected chi connectivity index (χ3v) is 25.2. The average Bonchev–Trinajstić information content (AvgIpc) is 1.07. The molecule has 4 fully saturated rings. The van der Waals surface area contributed by atoms with E-state index < -0.39 is 0 Å². The lowest BCUT2D eigenvalue weighted by atomic mass is 9.85. The third-order valence-electron chi connectivity index (χ3n) is 24.1. The Hall–Kier alpha value is -12.5. The molecule has 0 atom stereocenters. The number of aromatic amines is 3. The molecule has 0 aliphatic carbocycles. The summed E-state index contributed by atoms with van der Waals surface area (Å²) in [5.41, 5.74) is 17.7. The van der Waals surface area contributed by atoms with Crippen molar-refractivity contribution in [2.45, 2.75) is 156 Å². The number of anilines is 12. The summed E-state index contributed by atoms with van der Waals surface area (Å²) in [6.07, 6.45) is 25.8. The van der Waals surface area contributed by atoms with Gasteiger partial charge in [0.25, 0.3) is 5.56 Å². The Morgan fingerprint density at radius 1 is 0.455 bits per heavy atom. The van der Waals surface area contributed by atoms with Crippen LogP contribution in [0.2, 0.25) is 20.1 Å². The molecule has 4 saturated heterocycles. The van der Waals surface area contributed by atoms with Crippen molar-refractivity contribution >= 4 is 116 Å². The number of piperidine rings is 4. The zero-order valence-electron chi connectivity index (χ0n) is 74.8. The number of halogens is 7. The summed E-state index contributed by atoms with van der Waals surface area (Å²) in [5.74, 6) is 5.47. The van der Waals surface area contributed by atoms with Gasteiger partial charge in [0.1, 0.15) is 44.1 Å². The van der Waals surface area contributed by atoms with Gasteiger partial charge in [-0.1, -0.05) is 69.8 Å². The molecule has 4 aromatic carbocycles. The highest BCUT2D eigenvalue weighted by molar-refractivity contribution is 6.33. The van der Waals surface area contributed by atoms with Crippen molar-refractivity contribution in [3.63, 3.8) is 0 Å². The highest BCUT2D eigenvalue weighted by atomic mass is 35.5. The largest absolute Gasteiger partial charge is 0.360 e. The topological polar surface area (TPSA) is 365 Å². The Labute approximate surface area is 783 Å². The van der Waals surface area contributed by atoms with Crippen LogP contribution in [0.3, 0.4) is 0 Å². The first-order valence-electron chi connectivity index (χ1n) is 44.0. The van der Waals surface area contributed by atoms with E-state index in [-0.39, 0.29) is 40.9 Å². The van der Waals surface area contributed by atoms with Gasteiger partial charge in [0.05, 0.1) is 58.3 Å². The number of hydrogen-bond acceptors (Lipinski definition) is 27. The summed E-state index contributed by atoms with van der Waals surface area (Å²) in [6.45, 7) is 25.7. The number of H-pyrrole nitrogens is 3. The van der Waals surface area contributed by atoms with Crippen molar-refractivity contribution in [2.75, 3.05) is 91.3 Å². The van der Waals surface area contributed by atoms with Crippen LogP contribution in [0.15, 0.2) is 156 Å². The normalized spacial score (nSPS) is 14.8. The van der Waals surface area contributed by atoms with E-state index in [0.717, 1.165) is 166 Å². The standard InChI is InChI=1S/2C25H27ClFN9.C24H27ClN4O.C21H24ClFN6O/c1-15-9-22(31-25-30-13-20(26)24(33-25)32-23-10-16(2)34-35-23)21(27)11-19(15)17-3-7-36(8-4-17)14-18-12-28-5-6-29-18;1-15-9-22(31-25-28-13-20(26)24(33-25)32-23-10-16(2)34-35-23)21(27)11-19(15)18-4-7-36(8-5-18)14-17-3-6-29-30-12-17;1-15-11-20(17-5-8-26-9-6-17)16(2)10-19(15)13-23-28-14-21(25)22(29-23)12-18-4-3-7-27-24(18)30;1-12-8-18(17(23)10-15(12)14-4-6-29(3)7-5-14)25-21-24-11-16(22)20(27-21)26-19-9-13(2)30-28-19/h5-6,9-13,17H,3-4,7-8,14H2,1-2H3,(H3,30,31,32,33,34,35);3,6,9-13,18H,4-5,7-8,14H2,1-2H3,(H3,28,31,32,33,34,35);3-4,7,10-11,14,17,26H,5-6,8-9,12-13H2,1-2H3,(H,27,30);8-11,14H,4-7H2,1-3H3,(H2,24,25,26,27,28). The summed E-state index contributed by atoms with van der Waals surface area (Å²) >= 11 is 25.0. The first-order chi connectivity index (χ1) is 63.8. The first kappa shape index (κ1) is 94.2. The maximum absolute atomic E-state index is 15.2. The lowest BCUT2D eigenvalue weighted by Gasteiger charge is -2.33. The Bertz CT molecular complexity index is 6130. The van der Waals surface area contributed by atoms with E-state index >= 15 is 8.78 Å². The van der Waals surface area contributed by atoms with Crippen molar-refractivity contribution in [3.05, 3.63) is 296 Å². The Kier molecular flexibility index (Phi) is 31.5. The van der Waals surface area contributed by atoms with E-state index in [0.29, 0.717) is 126 Å². The van der Waals surface area contributed by atoms with Crippen LogP contribution >= 0.6 is 46.4 Å². The molecule has 0 saturated carbocycles. The van der Waals surface area contributed by atoms with Crippen molar-refractivity contribution in [3.8, 4) is 0 Å². The minimum absolute atomic E-state index is 0.117. The van der Waals surface area contributed by atoms with Gasteiger partial charge >= 0.3 is 0 Å². The molecule has 0 spiro atoms. The molecule has 14 aromatic rings. The number of hydrogen-bond donors (Lipinski definition) is 10. The minimum atomic E-state index is -0.339. The fourth-order valence-electron chi connectivity index (χ4n) is 17.1. The van der Waals surface area contributed by atoms with Gasteiger partial charge in [-0.15, -0.1) is 0 Å². The highest BCUT2D eigenvalue weighted by Gasteiger charge is 2.29. The van der Waals surface area contributed by atoms with Gasteiger partial charge in [-0.2, -0.15) is 35.3 Å². The zero-order valence-corrected chi connectivity index (χ0v) is 77.8. The third kappa shape index (κ3) is 25.2. The number of likely N-dealkylation sites (tertiary alicyclic amines) is 3. The molecule has 4 aliphatic rings. The molecule has 10 aromatic heterocycles. The molecular formula is C95H105Cl4F3N28O2. The molecule has 30 nitrogen and oxygen atoms in total. The molecule has 0 radical (unpaired) electrons. The fraction of sp³-hybridized carbons (Fsp3) is 0.347. The molecule has 0 unspecified atom stereocenters. The fourth-order valence-corrected chi connectivity index (χ4v) is 17.6. The van der Waals surface area contributed by atoms with Crippen molar-refractivity contribution in [1.29, 1.82) is 0 Å². The summed E-state index contributed by atoms with van der Waals surface area (Å²) in [4.78, 5) is 65.1.